The van der Waals surface area contributed by atoms with Gasteiger partial charge < -0.3 is 15.0 Å². The van der Waals surface area contributed by atoms with E-state index in [1.165, 1.54) is 16.2 Å². The molecule has 1 rings (SSSR count). The van der Waals surface area contributed by atoms with E-state index in [-0.39, 0.29) is 43.8 Å². The van der Waals surface area contributed by atoms with Crippen molar-refractivity contribution in [2.75, 3.05) is 18.5 Å². The number of amides is 2. The fourth-order valence-corrected chi connectivity index (χ4v) is 2.82. The van der Waals surface area contributed by atoms with Crippen LogP contribution in [0.15, 0.2) is 0 Å². The van der Waals surface area contributed by atoms with E-state index in [1.54, 1.807) is 6.92 Å². The van der Waals surface area contributed by atoms with Gasteiger partial charge in [0.2, 0.25) is 11.8 Å². The van der Waals surface area contributed by atoms with Crippen LogP contribution in [0.1, 0.15) is 44.2 Å². The molecule has 1 heterocycles. The van der Waals surface area contributed by atoms with Gasteiger partial charge in [-0.15, -0.1) is 11.3 Å². The lowest BCUT2D eigenvalue weighted by molar-refractivity contribution is -0.146. The Kier molecular flexibility index (Phi) is 7.84. The van der Waals surface area contributed by atoms with Crippen molar-refractivity contribution in [3.8, 4) is 0 Å². The normalized spacial score (nSPS) is 10.6. The van der Waals surface area contributed by atoms with E-state index >= 15 is 0 Å². The zero-order valence-corrected chi connectivity index (χ0v) is 15.7. The van der Waals surface area contributed by atoms with Crippen LogP contribution in [0.3, 0.4) is 0 Å². The van der Waals surface area contributed by atoms with Crippen molar-refractivity contribution in [3.63, 3.8) is 0 Å². The number of carbonyl (C=O) groups is 3. The molecule has 0 radical (unpaired) electrons. The summed E-state index contributed by atoms with van der Waals surface area (Å²) in [6, 6.07) is -0.148. The molecule has 0 bridgehead atoms. The molecule has 0 aliphatic rings. The van der Waals surface area contributed by atoms with Crippen molar-refractivity contribution in [1.29, 1.82) is 0 Å². The first kappa shape index (κ1) is 20.1. The maximum atomic E-state index is 12.3. The van der Waals surface area contributed by atoms with Crippen molar-refractivity contribution in [1.82, 2.24) is 9.88 Å². The van der Waals surface area contributed by atoms with Crippen LogP contribution in [0.4, 0.5) is 5.13 Å². The van der Waals surface area contributed by atoms with Crippen molar-refractivity contribution in [3.05, 3.63) is 10.6 Å². The number of rotatable bonds is 8. The second-order valence-corrected chi connectivity index (χ2v) is 6.83. The second-order valence-electron chi connectivity index (χ2n) is 5.63. The summed E-state index contributed by atoms with van der Waals surface area (Å²) in [7, 11) is 0. The van der Waals surface area contributed by atoms with Crippen LogP contribution < -0.4 is 5.32 Å². The zero-order valence-electron chi connectivity index (χ0n) is 14.8. The van der Waals surface area contributed by atoms with Crippen LogP contribution in [0.2, 0.25) is 0 Å². The quantitative estimate of drug-likeness (QED) is 0.723. The van der Waals surface area contributed by atoms with Crippen LogP contribution in [0.25, 0.3) is 0 Å². The monoisotopic (exact) mass is 355 g/mol. The number of aryl methyl sites for hydroxylation is 2. The van der Waals surface area contributed by atoms with Gasteiger partial charge in [0.15, 0.2) is 5.13 Å². The number of anilines is 1. The fourth-order valence-electron chi connectivity index (χ4n) is 1.98. The number of ether oxygens (including phenoxy) is 1. The SMILES string of the molecule is CCOC(=O)CCC(=O)N(CC(=O)Nc1nc(C)c(C)s1)C(C)C. The molecule has 1 aromatic heterocycles. The van der Waals surface area contributed by atoms with Gasteiger partial charge in [-0.3, -0.25) is 14.4 Å². The van der Waals surface area contributed by atoms with Gasteiger partial charge in [0.05, 0.1) is 18.7 Å². The Morgan fingerprint density at radius 2 is 1.92 bits per heavy atom. The highest BCUT2D eigenvalue weighted by molar-refractivity contribution is 7.15. The maximum Gasteiger partial charge on any atom is 0.306 e. The molecule has 0 fully saturated rings. The minimum atomic E-state index is -0.409. The molecule has 8 heteroatoms. The van der Waals surface area contributed by atoms with Gasteiger partial charge in [-0.1, -0.05) is 0 Å². The van der Waals surface area contributed by atoms with E-state index in [1.807, 2.05) is 27.7 Å². The average Bonchev–Trinajstić information content (AvgIpc) is 2.80. The van der Waals surface area contributed by atoms with Gasteiger partial charge in [-0.25, -0.2) is 4.98 Å². The minimum absolute atomic E-state index is 0.0163. The largest absolute Gasteiger partial charge is 0.466 e. The molecule has 0 aromatic carbocycles. The number of nitrogens with one attached hydrogen (secondary N) is 1. The fraction of sp³-hybridized carbons (Fsp3) is 0.625. The van der Waals surface area contributed by atoms with Crippen LogP contribution in [0, 0.1) is 13.8 Å². The molecule has 0 saturated heterocycles. The molecule has 7 nitrogen and oxygen atoms in total. The first-order valence-corrected chi connectivity index (χ1v) is 8.75. The number of aromatic nitrogens is 1. The first-order chi connectivity index (χ1) is 11.2. The lowest BCUT2D eigenvalue weighted by atomic mass is 10.2. The molecule has 0 aliphatic carbocycles. The molecule has 24 heavy (non-hydrogen) atoms. The van der Waals surface area contributed by atoms with Gasteiger partial charge in [-0.2, -0.15) is 0 Å². The molecular weight excluding hydrogens is 330 g/mol. The summed E-state index contributed by atoms with van der Waals surface area (Å²) in [6.07, 6.45) is 0.0438. The lowest BCUT2D eigenvalue weighted by Gasteiger charge is -2.26. The third-order valence-electron chi connectivity index (χ3n) is 3.38. The molecular formula is C16H25N3O4S. The third kappa shape index (κ3) is 6.27. The van der Waals surface area contributed by atoms with E-state index in [4.69, 9.17) is 4.74 Å². The van der Waals surface area contributed by atoms with Crippen LogP contribution in [0.5, 0.6) is 0 Å². The van der Waals surface area contributed by atoms with Gasteiger partial charge in [0.1, 0.15) is 6.54 Å². The summed E-state index contributed by atoms with van der Waals surface area (Å²) in [5.41, 5.74) is 0.876. The van der Waals surface area contributed by atoms with Crippen LogP contribution in [-0.2, 0) is 19.1 Å². The summed E-state index contributed by atoms with van der Waals surface area (Å²) < 4.78 is 4.81. The van der Waals surface area contributed by atoms with Gasteiger partial charge in [-0.05, 0) is 34.6 Å². The Hall–Kier alpha value is -1.96. The number of nitrogens with zero attached hydrogens (tertiary/aromatic N) is 2. The van der Waals surface area contributed by atoms with Gasteiger partial charge >= 0.3 is 5.97 Å². The average molecular weight is 355 g/mol. The van der Waals surface area contributed by atoms with E-state index in [2.05, 4.69) is 10.3 Å². The van der Waals surface area contributed by atoms with Gasteiger partial charge in [0.25, 0.3) is 0 Å². The number of carbonyl (C=O) groups excluding carboxylic acids is 3. The summed E-state index contributed by atoms with van der Waals surface area (Å²) >= 11 is 1.40. The molecule has 1 N–H and O–H groups in total. The standard InChI is InChI=1S/C16H25N3O4S/c1-6-23-15(22)8-7-14(21)19(10(2)3)9-13(20)18-16-17-11(4)12(5)24-16/h10H,6-9H2,1-5H3,(H,17,18,20). The predicted octanol–water partition coefficient (Wildman–Crippen LogP) is 2.28. The third-order valence-corrected chi connectivity index (χ3v) is 4.37. The number of thiazole rings is 1. The highest BCUT2D eigenvalue weighted by Crippen LogP contribution is 2.21. The molecule has 0 aliphatic heterocycles. The molecule has 0 saturated carbocycles. The Balaban J connectivity index is 2.59. The molecule has 134 valence electrons. The molecule has 0 unspecified atom stereocenters. The van der Waals surface area contributed by atoms with Crippen molar-refractivity contribution in [2.45, 2.75) is 53.5 Å². The molecule has 0 spiro atoms. The minimum Gasteiger partial charge on any atom is -0.466 e. The second kappa shape index (κ2) is 9.36. The Morgan fingerprint density at radius 1 is 1.25 bits per heavy atom. The predicted molar refractivity (Wildman–Crippen MR) is 92.9 cm³/mol. The topological polar surface area (TPSA) is 88.6 Å². The lowest BCUT2D eigenvalue weighted by Crippen LogP contribution is -2.42. The number of hydrogen-bond donors (Lipinski definition) is 1. The van der Waals surface area contributed by atoms with Crippen LogP contribution in [-0.4, -0.2) is 46.9 Å². The zero-order chi connectivity index (χ0) is 18.3. The maximum absolute atomic E-state index is 12.3. The molecule has 1 aromatic rings. The Labute approximate surface area is 146 Å². The summed E-state index contributed by atoms with van der Waals surface area (Å²) in [5, 5.41) is 3.24. The van der Waals surface area contributed by atoms with E-state index in [0.29, 0.717) is 5.13 Å². The van der Waals surface area contributed by atoms with Crippen molar-refractivity contribution < 1.29 is 19.1 Å². The Morgan fingerprint density at radius 3 is 2.42 bits per heavy atom. The van der Waals surface area contributed by atoms with E-state index in [0.717, 1.165) is 10.6 Å². The summed E-state index contributed by atoms with van der Waals surface area (Å²) in [4.78, 5) is 42.5. The number of esters is 1. The highest BCUT2D eigenvalue weighted by atomic mass is 32.1. The smallest absolute Gasteiger partial charge is 0.306 e. The molecule has 0 atom stereocenters. The van der Waals surface area contributed by atoms with E-state index in [9.17, 15) is 14.4 Å². The van der Waals surface area contributed by atoms with Crippen molar-refractivity contribution >= 4 is 34.3 Å². The Bertz CT molecular complexity index is 579. The highest BCUT2D eigenvalue weighted by Gasteiger charge is 2.21. The summed E-state index contributed by atoms with van der Waals surface area (Å²) in [6.45, 7) is 9.39. The molecule has 2 amide bonds. The van der Waals surface area contributed by atoms with E-state index < -0.39 is 5.97 Å². The van der Waals surface area contributed by atoms with Gasteiger partial charge in [0, 0.05) is 17.3 Å². The summed E-state index contributed by atoms with van der Waals surface area (Å²) in [5.74, 6) is -0.964. The van der Waals surface area contributed by atoms with Crippen LogP contribution >= 0.6 is 11.3 Å². The van der Waals surface area contributed by atoms with Crippen molar-refractivity contribution in [2.24, 2.45) is 0 Å². The number of hydrogen-bond acceptors (Lipinski definition) is 6. The first-order valence-electron chi connectivity index (χ1n) is 7.93.